The first-order valence-electron chi connectivity index (χ1n) is 9.14. The van der Waals surface area contributed by atoms with Gasteiger partial charge in [-0.25, -0.2) is 4.98 Å². The second kappa shape index (κ2) is 7.92. The summed E-state index contributed by atoms with van der Waals surface area (Å²) >= 11 is 0. The molecule has 1 atom stereocenters. The molecule has 2 heterocycles. The Labute approximate surface area is 163 Å². The number of benzene rings is 2. The van der Waals surface area contributed by atoms with Gasteiger partial charge in [0.05, 0.1) is 30.7 Å². The number of carbonyl (C=O) groups excluding carboxylic acids is 1. The fourth-order valence-corrected chi connectivity index (χ4v) is 3.05. The maximum absolute atomic E-state index is 12.6. The Balaban J connectivity index is 1.39. The van der Waals surface area contributed by atoms with E-state index >= 15 is 0 Å². The van der Waals surface area contributed by atoms with Gasteiger partial charge in [-0.15, -0.1) is 0 Å². The molecule has 6 nitrogen and oxygen atoms in total. The molecule has 2 aromatic heterocycles. The molecule has 0 radical (unpaired) electrons. The van der Waals surface area contributed by atoms with Gasteiger partial charge < -0.3 is 9.88 Å². The number of rotatable bonds is 6. The Kier molecular flexibility index (Phi) is 5.01. The van der Waals surface area contributed by atoms with Gasteiger partial charge in [-0.1, -0.05) is 42.5 Å². The van der Waals surface area contributed by atoms with Crippen LogP contribution in [0.4, 0.5) is 0 Å². The molecule has 1 amide bonds. The molecule has 4 aromatic rings. The first kappa shape index (κ1) is 17.7. The van der Waals surface area contributed by atoms with Crippen LogP contribution in [-0.4, -0.2) is 25.2 Å². The zero-order valence-electron chi connectivity index (χ0n) is 15.6. The van der Waals surface area contributed by atoms with E-state index < -0.39 is 0 Å². The molecule has 1 N–H and O–H groups in total. The third-order valence-corrected chi connectivity index (χ3v) is 4.63. The summed E-state index contributed by atoms with van der Waals surface area (Å²) in [5.41, 5.74) is 3.76. The number of imidazole rings is 1. The predicted octanol–water partition coefficient (Wildman–Crippen LogP) is 3.61. The van der Waals surface area contributed by atoms with Crippen LogP contribution in [-0.2, 0) is 6.54 Å². The maximum atomic E-state index is 12.6. The van der Waals surface area contributed by atoms with Gasteiger partial charge in [0.15, 0.2) is 0 Å². The van der Waals surface area contributed by atoms with Gasteiger partial charge >= 0.3 is 0 Å². The molecule has 0 aliphatic heterocycles. The van der Waals surface area contributed by atoms with E-state index in [1.165, 1.54) is 0 Å². The number of aromatic nitrogens is 4. The van der Waals surface area contributed by atoms with Crippen molar-refractivity contribution in [1.82, 2.24) is 24.6 Å². The second-order valence-electron chi connectivity index (χ2n) is 6.67. The number of hydrogen-bond acceptors (Lipinski definition) is 3. The number of nitrogens with one attached hydrogen (secondary N) is 1. The Hall–Kier alpha value is -3.67. The zero-order valence-corrected chi connectivity index (χ0v) is 15.6. The lowest BCUT2D eigenvalue weighted by atomic mass is 10.1. The maximum Gasteiger partial charge on any atom is 0.254 e. The number of amides is 1. The topological polar surface area (TPSA) is 64.7 Å². The summed E-state index contributed by atoms with van der Waals surface area (Å²) in [6.45, 7) is 2.61. The Bertz CT molecular complexity index is 1040. The van der Waals surface area contributed by atoms with Crippen LogP contribution in [0.5, 0.6) is 0 Å². The molecule has 0 aliphatic rings. The second-order valence-corrected chi connectivity index (χ2v) is 6.67. The van der Waals surface area contributed by atoms with Crippen LogP contribution in [0.1, 0.15) is 34.5 Å². The smallest absolute Gasteiger partial charge is 0.254 e. The molecule has 2 aromatic carbocycles. The minimum Gasteiger partial charge on any atom is -0.345 e. The molecule has 0 fully saturated rings. The van der Waals surface area contributed by atoms with Crippen LogP contribution in [0.2, 0.25) is 0 Å². The third-order valence-electron chi connectivity index (χ3n) is 4.63. The average molecular weight is 371 g/mol. The van der Waals surface area contributed by atoms with E-state index in [0.29, 0.717) is 12.1 Å². The van der Waals surface area contributed by atoms with E-state index in [-0.39, 0.29) is 11.9 Å². The molecule has 0 aliphatic carbocycles. The highest BCUT2D eigenvalue weighted by molar-refractivity contribution is 5.93. The van der Waals surface area contributed by atoms with E-state index in [1.54, 1.807) is 29.6 Å². The van der Waals surface area contributed by atoms with Gasteiger partial charge in [0.1, 0.15) is 0 Å². The monoisotopic (exact) mass is 371 g/mol. The van der Waals surface area contributed by atoms with Crippen LogP contribution in [0.15, 0.2) is 85.7 Å². The molecule has 0 spiro atoms. The van der Waals surface area contributed by atoms with Gasteiger partial charge in [-0.2, -0.15) is 5.10 Å². The van der Waals surface area contributed by atoms with Crippen molar-refractivity contribution in [2.45, 2.75) is 19.5 Å². The lowest BCUT2D eigenvalue weighted by Crippen LogP contribution is -2.26. The molecule has 28 heavy (non-hydrogen) atoms. The van der Waals surface area contributed by atoms with Crippen molar-refractivity contribution >= 4 is 5.91 Å². The Morgan fingerprint density at radius 2 is 1.89 bits per heavy atom. The van der Waals surface area contributed by atoms with Gasteiger partial charge in [0.25, 0.3) is 5.91 Å². The summed E-state index contributed by atoms with van der Waals surface area (Å²) in [7, 11) is 0. The highest BCUT2D eigenvalue weighted by Crippen LogP contribution is 2.16. The number of nitrogens with zero attached hydrogens (tertiary/aromatic N) is 4. The van der Waals surface area contributed by atoms with E-state index in [4.69, 9.17) is 0 Å². The van der Waals surface area contributed by atoms with Crippen molar-refractivity contribution in [2.75, 3.05) is 0 Å². The minimum absolute atomic E-state index is 0.109. The highest BCUT2D eigenvalue weighted by atomic mass is 16.1. The minimum atomic E-state index is -0.134. The number of hydrogen-bond donors (Lipinski definition) is 1. The normalized spacial score (nSPS) is 11.9. The van der Waals surface area contributed by atoms with Crippen molar-refractivity contribution in [3.8, 4) is 5.69 Å². The van der Waals surface area contributed by atoms with Crippen molar-refractivity contribution in [2.24, 2.45) is 0 Å². The SMILES string of the molecule is CC(NC(=O)c1cnn(Cc2ccccc2)c1)c1ccc(-n2ccnc2)cc1. The van der Waals surface area contributed by atoms with Crippen LogP contribution in [0.25, 0.3) is 5.69 Å². The van der Waals surface area contributed by atoms with Crippen LogP contribution < -0.4 is 5.32 Å². The molecule has 6 heteroatoms. The van der Waals surface area contributed by atoms with Gasteiger partial charge in [0.2, 0.25) is 0 Å². The van der Waals surface area contributed by atoms with Crippen LogP contribution in [0, 0.1) is 0 Å². The van der Waals surface area contributed by atoms with E-state index in [9.17, 15) is 4.79 Å². The fraction of sp³-hybridized carbons (Fsp3) is 0.136. The van der Waals surface area contributed by atoms with Crippen LogP contribution >= 0.6 is 0 Å². The quantitative estimate of drug-likeness (QED) is 0.563. The van der Waals surface area contributed by atoms with Gasteiger partial charge in [-0.05, 0) is 30.2 Å². The lowest BCUT2D eigenvalue weighted by molar-refractivity contribution is 0.0940. The van der Waals surface area contributed by atoms with E-state index in [1.807, 2.05) is 72.3 Å². The summed E-state index contributed by atoms with van der Waals surface area (Å²) in [6, 6.07) is 18.0. The summed E-state index contributed by atoms with van der Waals surface area (Å²) in [5.74, 6) is -0.134. The summed E-state index contributed by atoms with van der Waals surface area (Å²) in [6.07, 6.45) is 8.78. The van der Waals surface area contributed by atoms with Crippen molar-refractivity contribution in [3.63, 3.8) is 0 Å². The fourth-order valence-electron chi connectivity index (χ4n) is 3.05. The molecule has 0 bridgehead atoms. The molecular weight excluding hydrogens is 350 g/mol. The molecule has 1 unspecified atom stereocenters. The van der Waals surface area contributed by atoms with Crippen molar-refractivity contribution in [1.29, 1.82) is 0 Å². The van der Waals surface area contributed by atoms with Crippen LogP contribution in [0.3, 0.4) is 0 Å². The predicted molar refractivity (Wildman–Crippen MR) is 107 cm³/mol. The van der Waals surface area contributed by atoms with E-state index in [2.05, 4.69) is 15.4 Å². The molecule has 140 valence electrons. The Morgan fingerprint density at radius 1 is 1.11 bits per heavy atom. The summed E-state index contributed by atoms with van der Waals surface area (Å²) in [4.78, 5) is 16.6. The van der Waals surface area contributed by atoms with Crippen molar-refractivity contribution in [3.05, 3.63) is 102 Å². The first-order chi connectivity index (χ1) is 13.7. The molecule has 4 rings (SSSR count). The standard InChI is InChI=1S/C22H21N5O/c1-17(19-7-9-21(10-8-19)26-12-11-23-16-26)25-22(28)20-13-24-27(15-20)14-18-5-3-2-4-6-18/h2-13,15-17H,14H2,1H3,(H,25,28). The molecule has 0 saturated heterocycles. The first-order valence-corrected chi connectivity index (χ1v) is 9.14. The lowest BCUT2D eigenvalue weighted by Gasteiger charge is -2.14. The summed E-state index contributed by atoms with van der Waals surface area (Å²) in [5, 5.41) is 7.33. The van der Waals surface area contributed by atoms with Gasteiger partial charge in [-0.3, -0.25) is 9.48 Å². The van der Waals surface area contributed by atoms with Crippen molar-refractivity contribution < 1.29 is 4.79 Å². The van der Waals surface area contributed by atoms with E-state index in [0.717, 1.165) is 16.8 Å². The third kappa shape index (κ3) is 4.01. The van der Waals surface area contributed by atoms with Gasteiger partial charge in [0, 0.05) is 24.3 Å². The largest absolute Gasteiger partial charge is 0.345 e. The average Bonchev–Trinajstić information content (AvgIpc) is 3.41. The number of carbonyl (C=O) groups is 1. The Morgan fingerprint density at radius 3 is 2.61 bits per heavy atom. The molecule has 0 saturated carbocycles. The highest BCUT2D eigenvalue weighted by Gasteiger charge is 2.13. The zero-order chi connectivity index (χ0) is 19.3. The molecular formula is C22H21N5O. The summed E-state index contributed by atoms with van der Waals surface area (Å²) < 4.78 is 3.71.